The van der Waals surface area contributed by atoms with E-state index in [0.717, 1.165) is 0 Å². The predicted molar refractivity (Wildman–Crippen MR) is 69.6 cm³/mol. The third-order valence-electron chi connectivity index (χ3n) is 2.77. The highest BCUT2D eigenvalue weighted by Crippen LogP contribution is 2.29. The van der Waals surface area contributed by atoms with Crippen LogP contribution in [0, 0.1) is 16.0 Å². The average Bonchev–Trinajstić information content (AvgIpc) is 2.48. The van der Waals surface area contributed by atoms with Gasteiger partial charge < -0.3 is 4.79 Å². The molecular weight excluding hydrogens is 262 g/mol. The van der Waals surface area contributed by atoms with Crippen LogP contribution in [0.25, 0.3) is 0 Å². The standard InChI is InChI=1S/C13H11N3O4/c17-10-11-6-4-5-9-13(11,16(18)19)20-15-14-12-7-2-1-3-8-12/h1-11H. The molecule has 1 aliphatic carbocycles. The fraction of sp³-hybridized carbons (Fsp3) is 0.154. The van der Waals surface area contributed by atoms with E-state index in [1.165, 1.54) is 18.2 Å². The first-order chi connectivity index (χ1) is 9.69. The first kappa shape index (κ1) is 13.6. The summed E-state index contributed by atoms with van der Waals surface area (Å²) in [6, 6.07) is 8.62. The Bertz CT molecular complexity index is 583. The Kier molecular flexibility index (Phi) is 3.99. The maximum Gasteiger partial charge on any atom is 0.417 e. The summed E-state index contributed by atoms with van der Waals surface area (Å²) in [5.41, 5.74) is -1.56. The summed E-state index contributed by atoms with van der Waals surface area (Å²) in [4.78, 5) is 26.4. The van der Waals surface area contributed by atoms with Crippen LogP contribution in [0.4, 0.5) is 5.69 Å². The Balaban J connectivity index is 2.20. The zero-order chi connectivity index (χ0) is 14.4. The highest BCUT2D eigenvalue weighted by Gasteiger charge is 2.52. The van der Waals surface area contributed by atoms with Gasteiger partial charge in [0.15, 0.2) is 0 Å². The van der Waals surface area contributed by atoms with Crippen LogP contribution in [-0.4, -0.2) is 16.9 Å². The molecule has 0 saturated heterocycles. The minimum atomic E-state index is -2.05. The molecule has 1 aliphatic rings. The van der Waals surface area contributed by atoms with Crippen LogP contribution >= 0.6 is 0 Å². The van der Waals surface area contributed by atoms with Crippen molar-refractivity contribution in [3.8, 4) is 0 Å². The smallest absolute Gasteiger partial charge is 0.302 e. The number of allylic oxidation sites excluding steroid dienone is 2. The number of rotatable bonds is 5. The van der Waals surface area contributed by atoms with Gasteiger partial charge in [0.25, 0.3) is 0 Å². The Morgan fingerprint density at radius 3 is 2.70 bits per heavy atom. The lowest BCUT2D eigenvalue weighted by molar-refractivity contribution is -0.620. The van der Waals surface area contributed by atoms with Crippen LogP contribution in [0.5, 0.6) is 0 Å². The highest BCUT2D eigenvalue weighted by molar-refractivity contribution is 5.60. The molecular formula is C13H11N3O4. The van der Waals surface area contributed by atoms with E-state index in [0.29, 0.717) is 12.0 Å². The van der Waals surface area contributed by atoms with Gasteiger partial charge in [0.1, 0.15) is 12.2 Å². The van der Waals surface area contributed by atoms with Crippen molar-refractivity contribution in [3.05, 3.63) is 64.8 Å². The number of nitrogens with zero attached hydrogens (tertiary/aromatic N) is 3. The summed E-state index contributed by atoms with van der Waals surface area (Å²) in [6.07, 6.45) is 5.98. The Morgan fingerprint density at radius 1 is 1.30 bits per heavy atom. The van der Waals surface area contributed by atoms with E-state index in [1.54, 1.807) is 36.4 Å². The zero-order valence-electron chi connectivity index (χ0n) is 10.3. The lowest BCUT2D eigenvalue weighted by Gasteiger charge is -2.23. The number of carbonyl (C=O) groups excluding carboxylic acids is 1. The quantitative estimate of drug-likeness (QED) is 0.271. The molecule has 1 aromatic carbocycles. The molecule has 0 radical (unpaired) electrons. The van der Waals surface area contributed by atoms with Gasteiger partial charge >= 0.3 is 5.72 Å². The van der Waals surface area contributed by atoms with E-state index in [-0.39, 0.29) is 0 Å². The van der Waals surface area contributed by atoms with Gasteiger partial charge in [0.05, 0.1) is 10.6 Å². The Labute approximate surface area is 114 Å². The fourth-order valence-electron chi connectivity index (χ4n) is 1.70. The number of hydrogen-bond donors (Lipinski definition) is 0. The Morgan fingerprint density at radius 2 is 2.05 bits per heavy atom. The predicted octanol–water partition coefficient (Wildman–Crippen LogP) is 2.62. The van der Waals surface area contributed by atoms with Crippen LogP contribution in [0.3, 0.4) is 0 Å². The second-order valence-corrected chi connectivity index (χ2v) is 4.02. The van der Waals surface area contributed by atoms with E-state index in [9.17, 15) is 14.9 Å². The van der Waals surface area contributed by atoms with Crippen molar-refractivity contribution in [3.63, 3.8) is 0 Å². The van der Waals surface area contributed by atoms with Crippen molar-refractivity contribution < 1.29 is 14.6 Å². The molecule has 7 nitrogen and oxygen atoms in total. The molecule has 0 amide bonds. The summed E-state index contributed by atoms with van der Waals surface area (Å²) in [5.74, 6) is -1.06. The third-order valence-corrected chi connectivity index (χ3v) is 2.77. The molecule has 2 unspecified atom stereocenters. The van der Waals surface area contributed by atoms with Gasteiger partial charge in [-0.05, 0) is 12.1 Å². The lowest BCUT2D eigenvalue weighted by Crippen LogP contribution is -2.46. The maximum atomic E-state index is 11.2. The van der Waals surface area contributed by atoms with Gasteiger partial charge in [0, 0.05) is 11.4 Å². The van der Waals surface area contributed by atoms with Crippen molar-refractivity contribution in [1.82, 2.24) is 0 Å². The molecule has 0 bridgehead atoms. The van der Waals surface area contributed by atoms with Gasteiger partial charge in [0.2, 0.25) is 0 Å². The van der Waals surface area contributed by atoms with Gasteiger partial charge in [-0.1, -0.05) is 36.4 Å². The van der Waals surface area contributed by atoms with Crippen LogP contribution in [0.15, 0.2) is 65.0 Å². The minimum Gasteiger partial charge on any atom is -0.302 e. The largest absolute Gasteiger partial charge is 0.417 e. The Hall–Kier alpha value is -2.83. The number of hydrogen-bond acceptors (Lipinski definition) is 6. The maximum absolute atomic E-state index is 11.2. The molecule has 0 fully saturated rings. The molecule has 0 N–H and O–H groups in total. The first-order valence-electron chi connectivity index (χ1n) is 5.79. The summed E-state index contributed by atoms with van der Waals surface area (Å²) in [6.45, 7) is 0. The van der Waals surface area contributed by atoms with Gasteiger partial charge in [-0.25, -0.2) is 0 Å². The van der Waals surface area contributed by atoms with Crippen molar-refractivity contribution in [2.45, 2.75) is 5.72 Å². The number of aldehydes is 1. The van der Waals surface area contributed by atoms with E-state index in [4.69, 9.17) is 4.84 Å². The third kappa shape index (κ3) is 2.61. The molecule has 0 saturated carbocycles. The number of nitro groups is 1. The number of benzene rings is 1. The van der Waals surface area contributed by atoms with Crippen LogP contribution in [0.1, 0.15) is 0 Å². The summed E-state index contributed by atoms with van der Waals surface area (Å²) in [7, 11) is 0. The molecule has 102 valence electrons. The molecule has 0 heterocycles. The summed E-state index contributed by atoms with van der Waals surface area (Å²) in [5, 5.41) is 18.3. The molecule has 0 aliphatic heterocycles. The normalized spacial score (nSPS) is 24.7. The number of carbonyl (C=O) groups is 1. The van der Waals surface area contributed by atoms with Crippen LogP contribution in [-0.2, 0) is 9.63 Å². The van der Waals surface area contributed by atoms with E-state index < -0.39 is 16.6 Å². The lowest BCUT2D eigenvalue weighted by atomic mass is 9.93. The molecule has 2 atom stereocenters. The fourth-order valence-corrected chi connectivity index (χ4v) is 1.70. The summed E-state index contributed by atoms with van der Waals surface area (Å²) >= 11 is 0. The van der Waals surface area contributed by atoms with Crippen molar-refractivity contribution in [2.24, 2.45) is 16.3 Å². The monoisotopic (exact) mass is 273 g/mol. The van der Waals surface area contributed by atoms with Crippen LogP contribution < -0.4 is 0 Å². The van der Waals surface area contributed by atoms with Crippen LogP contribution in [0.2, 0.25) is 0 Å². The topological polar surface area (TPSA) is 94.2 Å². The average molecular weight is 273 g/mol. The van der Waals surface area contributed by atoms with E-state index in [1.807, 2.05) is 0 Å². The van der Waals surface area contributed by atoms with Gasteiger partial charge in [-0.2, -0.15) is 0 Å². The van der Waals surface area contributed by atoms with Gasteiger partial charge in [-0.3, -0.25) is 15.0 Å². The first-order valence-corrected chi connectivity index (χ1v) is 5.79. The molecule has 0 aromatic heterocycles. The van der Waals surface area contributed by atoms with Gasteiger partial charge in [-0.15, -0.1) is 5.11 Å². The van der Waals surface area contributed by atoms with Crippen molar-refractivity contribution in [1.29, 1.82) is 0 Å². The molecule has 0 spiro atoms. The second kappa shape index (κ2) is 5.87. The molecule has 20 heavy (non-hydrogen) atoms. The molecule has 1 aromatic rings. The van der Waals surface area contributed by atoms with E-state index >= 15 is 0 Å². The van der Waals surface area contributed by atoms with Crippen molar-refractivity contribution >= 4 is 12.0 Å². The molecule has 7 heteroatoms. The zero-order valence-corrected chi connectivity index (χ0v) is 10.3. The SMILES string of the molecule is O=CC1C=CC=CC1(ON=Nc1ccccc1)[N+](=O)[O-]. The molecule has 2 rings (SSSR count). The minimum absolute atomic E-state index is 0.445. The van der Waals surface area contributed by atoms with E-state index in [2.05, 4.69) is 10.4 Å². The second-order valence-electron chi connectivity index (χ2n) is 4.02. The van der Waals surface area contributed by atoms with Crippen molar-refractivity contribution in [2.75, 3.05) is 0 Å². The summed E-state index contributed by atoms with van der Waals surface area (Å²) < 4.78 is 0. The highest BCUT2D eigenvalue weighted by atomic mass is 16.7.